The zero-order chi connectivity index (χ0) is 20.8. The lowest BCUT2D eigenvalue weighted by molar-refractivity contribution is -0.120. The molecular formula is C22H19FN4OS2. The summed E-state index contributed by atoms with van der Waals surface area (Å²) in [6.45, 7) is 0.587. The lowest BCUT2D eigenvalue weighted by Gasteiger charge is -2.03. The average Bonchev–Trinajstić information content (AvgIpc) is 3.42. The third kappa shape index (κ3) is 5.34. The van der Waals surface area contributed by atoms with Crippen molar-refractivity contribution in [3.05, 3.63) is 76.1 Å². The Labute approximate surface area is 181 Å². The van der Waals surface area contributed by atoms with E-state index in [0.717, 1.165) is 34.7 Å². The summed E-state index contributed by atoms with van der Waals surface area (Å²) in [5.74, 6) is -0.363. The van der Waals surface area contributed by atoms with Gasteiger partial charge in [-0.25, -0.2) is 14.4 Å². The van der Waals surface area contributed by atoms with Crippen LogP contribution >= 0.6 is 22.7 Å². The van der Waals surface area contributed by atoms with Gasteiger partial charge in [0, 0.05) is 47.2 Å². The van der Waals surface area contributed by atoms with Gasteiger partial charge in [0.2, 0.25) is 5.91 Å². The zero-order valence-corrected chi connectivity index (χ0v) is 17.7. The van der Waals surface area contributed by atoms with Crippen molar-refractivity contribution in [3.8, 4) is 21.8 Å². The van der Waals surface area contributed by atoms with Crippen LogP contribution in [0.5, 0.6) is 0 Å². The predicted molar refractivity (Wildman–Crippen MR) is 118 cm³/mol. The molecule has 0 bridgehead atoms. The Bertz CT molecular complexity index is 1130. The van der Waals surface area contributed by atoms with E-state index >= 15 is 0 Å². The molecule has 5 nitrogen and oxygen atoms in total. The van der Waals surface area contributed by atoms with Crippen LogP contribution in [0.4, 0.5) is 4.39 Å². The largest absolute Gasteiger partial charge is 0.356 e. The van der Waals surface area contributed by atoms with E-state index in [1.807, 2.05) is 29.0 Å². The molecule has 4 aromatic rings. The molecule has 0 aliphatic carbocycles. The van der Waals surface area contributed by atoms with Crippen molar-refractivity contribution in [2.45, 2.75) is 19.3 Å². The number of benzene rings is 1. The van der Waals surface area contributed by atoms with E-state index in [2.05, 4.69) is 20.3 Å². The average molecular weight is 439 g/mol. The molecule has 0 unspecified atom stereocenters. The van der Waals surface area contributed by atoms with Crippen LogP contribution in [0.2, 0.25) is 0 Å². The summed E-state index contributed by atoms with van der Waals surface area (Å²) in [5, 5.41) is 8.58. The molecule has 152 valence electrons. The van der Waals surface area contributed by atoms with E-state index in [9.17, 15) is 9.18 Å². The molecule has 0 atom stereocenters. The molecule has 30 heavy (non-hydrogen) atoms. The SMILES string of the molecule is O=C(Cc1csc(-c2cccc(F)c2)n1)NCCCc1nc(-c2ccncc2)cs1. The van der Waals surface area contributed by atoms with Gasteiger partial charge in [0.05, 0.1) is 22.8 Å². The number of carbonyl (C=O) groups excluding carboxylic acids is 1. The van der Waals surface area contributed by atoms with Crippen molar-refractivity contribution in [2.75, 3.05) is 6.54 Å². The lowest BCUT2D eigenvalue weighted by atomic mass is 10.2. The highest BCUT2D eigenvalue weighted by Crippen LogP contribution is 2.24. The summed E-state index contributed by atoms with van der Waals surface area (Å²) in [6.07, 6.45) is 5.37. The number of pyridine rings is 1. The van der Waals surface area contributed by atoms with Gasteiger partial charge >= 0.3 is 0 Å². The van der Waals surface area contributed by atoms with Gasteiger partial charge in [0.15, 0.2) is 0 Å². The Balaban J connectivity index is 1.22. The number of halogens is 1. The highest BCUT2D eigenvalue weighted by atomic mass is 32.1. The van der Waals surface area contributed by atoms with Gasteiger partial charge in [-0.15, -0.1) is 22.7 Å². The maximum atomic E-state index is 13.4. The maximum Gasteiger partial charge on any atom is 0.226 e. The number of amides is 1. The molecule has 0 aliphatic rings. The molecule has 0 spiro atoms. The van der Waals surface area contributed by atoms with Crippen LogP contribution in [0.1, 0.15) is 17.1 Å². The number of aromatic nitrogens is 3. The van der Waals surface area contributed by atoms with E-state index in [0.29, 0.717) is 17.2 Å². The van der Waals surface area contributed by atoms with Crippen molar-refractivity contribution < 1.29 is 9.18 Å². The number of aryl methyl sites for hydroxylation is 1. The Morgan fingerprint density at radius 2 is 1.90 bits per heavy atom. The molecule has 0 radical (unpaired) electrons. The van der Waals surface area contributed by atoms with Gasteiger partial charge in [-0.2, -0.15) is 0 Å². The van der Waals surface area contributed by atoms with Gasteiger partial charge in [0.1, 0.15) is 10.8 Å². The number of nitrogens with zero attached hydrogens (tertiary/aromatic N) is 3. The van der Waals surface area contributed by atoms with Crippen molar-refractivity contribution in [1.82, 2.24) is 20.3 Å². The second-order valence-corrected chi connectivity index (χ2v) is 8.45. The summed E-state index contributed by atoms with van der Waals surface area (Å²) in [7, 11) is 0. The smallest absolute Gasteiger partial charge is 0.226 e. The van der Waals surface area contributed by atoms with E-state index < -0.39 is 0 Å². The first-order chi connectivity index (χ1) is 14.7. The molecule has 0 fully saturated rings. The second kappa shape index (κ2) is 9.69. The van der Waals surface area contributed by atoms with Crippen LogP contribution in [0, 0.1) is 5.82 Å². The first-order valence-electron chi connectivity index (χ1n) is 9.49. The number of hydrogen-bond acceptors (Lipinski definition) is 6. The van der Waals surface area contributed by atoms with E-state index in [-0.39, 0.29) is 18.1 Å². The summed E-state index contributed by atoms with van der Waals surface area (Å²) in [5.41, 5.74) is 3.43. The topological polar surface area (TPSA) is 67.8 Å². The number of thiazole rings is 2. The first kappa shape index (κ1) is 20.3. The van der Waals surface area contributed by atoms with Gasteiger partial charge in [-0.1, -0.05) is 12.1 Å². The standard InChI is InChI=1S/C22H19FN4OS2/c23-17-4-1-3-16(11-17)22-26-18(13-30-22)12-20(28)25-8-2-5-21-27-19(14-29-21)15-6-9-24-10-7-15/h1,3-4,6-7,9-11,13-14H,2,5,8,12H2,(H,25,28). The van der Waals surface area contributed by atoms with Crippen molar-refractivity contribution in [2.24, 2.45) is 0 Å². The van der Waals surface area contributed by atoms with Crippen LogP contribution in [0.25, 0.3) is 21.8 Å². The Morgan fingerprint density at radius 1 is 1.03 bits per heavy atom. The molecule has 8 heteroatoms. The summed E-state index contributed by atoms with van der Waals surface area (Å²) in [4.78, 5) is 25.3. The molecule has 1 amide bonds. The van der Waals surface area contributed by atoms with Crippen LogP contribution in [-0.2, 0) is 17.6 Å². The van der Waals surface area contributed by atoms with Gasteiger partial charge in [-0.3, -0.25) is 9.78 Å². The van der Waals surface area contributed by atoms with Gasteiger partial charge in [0.25, 0.3) is 0 Å². The zero-order valence-electron chi connectivity index (χ0n) is 16.0. The third-order valence-electron chi connectivity index (χ3n) is 4.38. The fourth-order valence-corrected chi connectivity index (χ4v) is 4.58. The molecule has 4 rings (SSSR count). The van der Waals surface area contributed by atoms with Crippen molar-refractivity contribution in [1.29, 1.82) is 0 Å². The predicted octanol–water partition coefficient (Wildman–Crippen LogP) is 4.76. The van der Waals surface area contributed by atoms with Crippen LogP contribution < -0.4 is 5.32 Å². The number of hydrogen-bond donors (Lipinski definition) is 1. The highest BCUT2D eigenvalue weighted by molar-refractivity contribution is 7.13. The Hall–Kier alpha value is -2.97. The van der Waals surface area contributed by atoms with Gasteiger partial charge in [-0.05, 0) is 30.7 Å². The highest BCUT2D eigenvalue weighted by Gasteiger charge is 2.10. The molecule has 1 aromatic carbocycles. The summed E-state index contributed by atoms with van der Waals surface area (Å²) in [6, 6.07) is 10.2. The van der Waals surface area contributed by atoms with E-state index in [4.69, 9.17) is 0 Å². The van der Waals surface area contributed by atoms with Crippen molar-refractivity contribution >= 4 is 28.6 Å². The van der Waals surface area contributed by atoms with Gasteiger partial charge < -0.3 is 5.32 Å². The second-order valence-electron chi connectivity index (χ2n) is 6.65. The normalized spacial score (nSPS) is 10.8. The summed E-state index contributed by atoms with van der Waals surface area (Å²) < 4.78 is 13.4. The minimum Gasteiger partial charge on any atom is -0.356 e. The maximum absolute atomic E-state index is 13.4. The van der Waals surface area contributed by atoms with Crippen LogP contribution in [0.3, 0.4) is 0 Å². The third-order valence-corrected chi connectivity index (χ3v) is 6.23. The monoisotopic (exact) mass is 438 g/mol. The minimum atomic E-state index is -0.296. The van der Waals surface area contributed by atoms with E-state index in [1.165, 1.54) is 23.5 Å². The molecular weight excluding hydrogens is 419 g/mol. The molecule has 1 N–H and O–H groups in total. The Kier molecular flexibility index (Phi) is 6.56. The molecule has 3 heterocycles. The lowest BCUT2D eigenvalue weighted by Crippen LogP contribution is -2.26. The first-order valence-corrected chi connectivity index (χ1v) is 11.2. The molecule has 3 aromatic heterocycles. The van der Waals surface area contributed by atoms with Crippen LogP contribution in [-0.4, -0.2) is 27.4 Å². The number of nitrogens with one attached hydrogen (secondary N) is 1. The van der Waals surface area contributed by atoms with Crippen LogP contribution in [0.15, 0.2) is 59.6 Å². The molecule has 0 saturated carbocycles. The summed E-state index contributed by atoms with van der Waals surface area (Å²) >= 11 is 3.04. The number of carbonyl (C=O) groups is 1. The minimum absolute atomic E-state index is 0.0669. The molecule has 0 aliphatic heterocycles. The number of rotatable bonds is 8. The molecule has 0 saturated heterocycles. The fourth-order valence-electron chi connectivity index (χ4n) is 2.92. The van der Waals surface area contributed by atoms with E-state index in [1.54, 1.807) is 29.8 Å². The fraction of sp³-hybridized carbons (Fsp3) is 0.182. The van der Waals surface area contributed by atoms with Crippen molar-refractivity contribution in [3.63, 3.8) is 0 Å². The Morgan fingerprint density at radius 3 is 2.73 bits per heavy atom. The quantitative estimate of drug-likeness (QED) is 0.403.